The topological polar surface area (TPSA) is 117 Å². The highest BCUT2D eigenvalue weighted by Crippen LogP contribution is 2.45. The van der Waals surface area contributed by atoms with Crippen LogP contribution in [0.4, 0.5) is 0 Å². The van der Waals surface area contributed by atoms with Crippen molar-refractivity contribution in [1.82, 2.24) is 35.3 Å². The number of hydrogen-bond acceptors (Lipinski definition) is 8. The standard InChI is InChI=1S/C21H35N7O3SSi/c1-13-11-14(24-28(13)9-10-32-19-23-25-26-27(19)6)16(29)12-15-17(18(30)22-15)21(5,20(2,3)4)31-33(7)8/h11,15,17,33H,9-10,12H2,1-8H3,(H,22,30)/t15?,17?,21-/m1/s1. The Morgan fingerprint density at radius 1 is 1.30 bits per heavy atom. The minimum absolute atomic E-state index is 0.0446. The van der Waals surface area contributed by atoms with E-state index in [9.17, 15) is 9.59 Å². The summed E-state index contributed by atoms with van der Waals surface area (Å²) in [6.45, 7) is 15.1. The lowest BCUT2D eigenvalue weighted by Gasteiger charge is -2.54. The fourth-order valence-corrected chi connectivity index (χ4v) is 6.44. The summed E-state index contributed by atoms with van der Waals surface area (Å²) >= 11 is 1.53. The highest BCUT2D eigenvalue weighted by atomic mass is 32.2. The SMILES string of the molecule is Cc1cc(C(=O)CC2NC(=O)C2[C@@](C)(O[SiH](C)C)C(C)(C)C)nn1CCSc1nnnn1C. The lowest BCUT2D eigenvalue weighted by molar-refractivity contribution is -0.158. The van der Waals surface area contributed by atoms with E-state index >= 15 is 0 Å². The van der Waals surface area contributed by atoms with E-state index in [4.69, 9.17) is 4.43 Å². The number of nitrogens with zero attached hydrogens (tertiary/aromatic N) is 6. The molecule has 2 aromatic rings. The largest absolute Gasteiger partial charge is 0.414 e. The Morgan fingerprint density at radius 2 is 2.00 bits per heavy atom. The molecular weight excluding hydrogens is 458 g/mol. The number of rotatable bonds is 10. The summed E-state index contributed by atoms with van der Waals surface area (Å²) < 4.78 is 9.88. The molecule has 0 radical (unpaired) electrons. The van der Waals surface area contributed by atoms with Gasteiger partial charge in [-0.15, -0.1) is 5.10 Å². The molecule has 10 nitrogen and oxygen atoms in total. The first-order valence-electron chi connectivity index (χ1n) is 11.2. The van der Waals surface area contributed by atoms with Crippen molar-refractivity contribution in [3.05, 3.63) is 17.5 Å². The van der Waals surface area contributed by atoms with Crippen molar-refractivity contribution in [2.45, 2.75) is 77.5 Å². The van der Waals surface area contributed by atoms with Gasteiger partial charge in [0.2, 0.25) is 11.1 Å². The average Bonchev–Trinajstić information content (AvgIpc) is 3.25. The van der Waals surface area contributed by atoms with Gasteiger partial charge < -0.3 is 9.74 Å². The van der Waals surface area contributed by atoms with Crippen LogP contribution >= 0.6 is 11.8 Å². The lowest BCUT2D eigenvalue weighted by Crippen LogP contribution is -2.70. The summed E-state index contributed by atoms with van der Waals surface area (Å²) in [4.78, 5) is 25.7. The maximum absolute atomic E-state index is 13.1. The number of hydrogen-bond donors (Lipinski definition) is 1. The molecule has 0 spiro atoms. The Labute approximate surface area is 200 Å². The highest BCUT2D eigenvalue weighted by molar-refractivity contribution is 7.99. The minimum atomic E-state index is -1.41. The van der Waals surface area contributed by atoms with Crippen LogP contribution in [-0.4, -0.2) is 68.1 Å². The Bertz CT molecular complexity index is 1020. The number of ketones is 1. The summed E-state index contributed by atoms with van der Waals surface area (Å²) in [5.74, 6) is 0.244. The summed E-state index contributed by atoms with van der Waals surface area (Å²) in [6.07, 6.45) is 0.209. The molecule has 3 atom stereocenters. The number of β-lactam (4-membered cyclic amide) rings is 1. The van der Waals surface area contributed by atoms with E-state index in [1.807, 2.05) is 24.6 Å². The maximum atomic E-state index is 13.1. The van der Waals surface area contributed by atoms with Crippen molar-refractivity contribution in [3.63, 3.8) is 0 Å². The fraction of sp³-hybridized carbons (Fsp3) is 0.714. The molecule has 2 aromatic heterocycles. The number of tetrazole rings is 1. The lowest BCUT2D eigenvalue weighted by atomic mass is 9.64. The minimum Gasteiger partial charge on any atom is -0.414 e. The van der Waals surface area contributed by atoms with Crippen molar-refractivity contribution in [3.8, 4) is 0 Å². The summed E-state index contributed by atoms with van der Waals surface area (Å²) in [5, 5.41) is 19.6. The van der Waals surface area contributed by atoms with E-state index in [-0.39, 0.29) is 35.5 Å². The summed E-state index contributed by atoms with van der Waals surface area (Å²) in [5.41, 5.74) is 0.455. The zero-order valence-electron chi connectivity index (χ0n) is 20.7. The molecule has 1 amide bonds. The van der Waals surface area contributed by atoms with Crippen molar-refractivity contribution in [2.75, 3.05) is 5.75 Å². The van der Waals surface area contributed by atoms with Crippen LogP contribution in [0.5, 0.6) is 0 Å². The highest BCUT2D eigenvalue weighted by Gasteiger charge is 2.57. The molecule has 0 bridgehead atoms. The molecule has 1 saturated heterocycles. The van der Waals surface area contributed by atoms with Gasteiger partial charge in [0.15, 0.2) is 14.8 Å². The number of aromatic nitrogens is 6. The molecule has 12 heteroatoms. The number of Topliss-reactive ketones (excluding diaryl/α,β-unsaturated/α-hetero) is 1. The molecule has 1 aliphatic heterocycles. The zero-order valence-corrected chi connectivity index (χ0v) is 22.7. The average molecular weight is 494 g/mol. The van der Waals surface area contributed by atoms with Gasteiger partial charge in [0, 0.05) is 24.9 Å². The van der Waals surface area contributed by atoms with Gasteiger partial charge >= 0.3 is 0 Å². The van der Waals surface area contributed by atoms with Crippen LogP contribution in [0.3, 0.4) is 0 Å². The van der Waals surface area contributed by atoms with E-state index in [0.29, 0.717) is 12.2 Å². The third-order valence-corrected chi connectivity index (χ3v) is 8.32. The van der Waals surface area contributed by atoms with Crippen molar-refractivity contribution < 1.29 is 14.0 Å². The van der Waals surface area contributed by atoms with Gasteiger partial charge in [-0.2, -0.15) is 5.10 Å². The van der Waals surface area contributed by atoms with Crippen LogP contribution in [0.15, 0.2) is 11.2 Å². The summed E-state index contributed by atoms with van der Waals surface area (Å²) in [6, 6.07) is 1.55. The second-order valence-corrected chi connectivity index (χ2v) is 13.5. The predicted octanol–water partition coefficient (Wildman–Crippen LogP) is 2.00. The Balaban J connectivity index is 1.66. The third kappa shape index (κ3) is 5.38. The van der Waals surface area contributed by atoms with Gasteiger partial charge in [-0.05, 0) is 48.8 Å². The van der Waals surface area contributed by atoms with E-state index < -0.39 is 14.6 Å². The molecule has 0 aliphatic carbocycles. The van der Waals surface area contributed by atoms with E-state index in [0.717, 1.165) is 16.6 Å². The van der Waals surface area contributed by atoms with Crippen LogP contribution in [-0.2, 0) is 22.8 Å². The number of carbonyl (C=O) groups is 2. The van der Waals surface area contributed by atoms with Crippen molar-refractivity contribution in [2.24, 2.45) is 18.4 Å². The van der Waals surface area contributed by atoms with Crippen molar-refractivity contribution >= 4 is 32.5 Å². The first kappa shape index (κ1) is 25.6. The monoisotopic (exact) mass is 493 g/mol. The fourth-order valence-electron chi connectivity index (χ4n) is 4.20. The third-order valence-electron chi connectivity index (χ3n) is 6.36. The molecule has 1 fully saturated rings. The van der Waals surface area contributed by atoms with Gasteiger partial charge in [-0.25, -0.2) is 4.68 Å². The number of carbonyl (C=O) groups excluding carboxylic acids is 2. The molecule has 33 heavy (non-hydrogen) atoms. The molecule has 3 rings (SSSR count). The van der Waals surface area contributed by atoms with Crippen molar-refractivity contribution in [1.29, 1.82) is 0 Å². The molecule has 3 heterocycles. The molecular formula is C21H35N7O3SSi. The molecule has 0 aromatic carbocycles. The molecule has 2 unspecified atom stereocenters. The zero-order chi connectivity index (χ0) is 24.6. The van der Waals surface area contributed by atoms with Gasteiger partial charge in [-0.1, -0.05) is 32.5 Å². The first-order valence-corrected chi connectivity index (χ1v) is 15.0. The van der Waals surface area contributed by atoms with E-state index in [1.54, 1.807) is 11.7 Å². The molecule has 182 valence electrons. The smallest absolute Gasteiger partial charge is 0.228 e. The quantitative estimate of drug-likeness (QED) is 0.231. The molecule has 0 saturated carbocycles. The molecule has 1 N–H and O–H groups in total. The molecule has 1 aliphatic rings. The van der Waals surface area contributed by atoms with Gasteiger partial charge in [0.25, 0.3) is 0 Å². The predicted molar refractivity (Wildman–Crippen MR) is 129 cm³/mol. The second-order valence-electron chi connectivity index (χ2n) is 10.1. The normalized spacial score (nSPS) is 20.5. The van der Waals surface area contributed by atoms with Crippen LogP contribution in [0, 0.1) is 18.3 Å². The van der Waals surface area contributed by atoms with Gasteiger partial charge in [0.1, 0.15) is 5.69 Å². The van der Waals surface area contributed by atoms with Gasteiger partial charge in [0.05, 0.1) is 24.1 Å². The maximum Gasteiger partial charge on any atom is 0.228 e. The Kier molecular flexibility index (Phi) is 7.49. The summed E-state index contributed by atoms with van der Waals surface area (Å²) in [7, 11) is 0.381. The number of nitrogens with one attached hydrogen (secondary N) is 1. The number of amides is 1. The number of aryl methyl sites for hydroxylation is 3. The number of thioether (sulfide) groups is 1. The van der Waals surface area contributed by atoms with Crippen LogP contribution in [0.1, 0.15) is 50.3 Å². The van der Waals surface area contributed by atoms with Crippen LogP contribution < -0.4 is 5.32 Å². The Hall–Kier alpha value is -2.05. The van der Waals surface area contributed by atoms with E-state index in [2.05, 4.69) is 59.8 Å². The second kappa shape index (κ2) is 9.67. The van der Waals surface area contributed by atoms with Crippen LogP contribution in [0.25, 0.3) is 0 Å². The Morgan fingerprint density at radius 3 is 2.55 bits per heavy atom. The van der Waals surface area contributed by atoms with E-state index in [1.165, 1.54) is 11.8 Å². The van der Waals surface area contributed by atoms with Gasteiger partial charge in [-0.3, -0.25) is 14.3 Å². The first-order chi connectivity index (χ1) is 15.3. The van der Waals surface area contributed by atoms with Crippen LogP contribution in [0.2, 0.25) is 13.1 Å².